The number of cyclic esters (lactones) is 1. The van der Waals surface area contributed by atoms with Gasteiger partial charge in [-0.05, 0) is 12.5 Å². The van der Waals surface area contributed by atoms with Gasteiger partial charge in [0.25, 0.3) is 0 Å². The maximum absolute atomic E-state index is 12.3. The second-order valence-corrected chi connectivity index (χ2v) is 5.21. The molecule has 0 spiro atoms. The molecule has 22 heavy (non-hydrogen) atoms. The topological polar surface area (TPSA) is 38.8 Å². The molecular weight excluding hydrogens is 278 g/mol. The molecule has 1 heterocycles. The van der Waals surface area contributed by atoms with Gasteiger partial charge in [0, 0.05) is 12.2 Å². The molecule has 4 nitrogen and oxygen atoms in total. The first kappa shape index (κ1) is 14.6. The molecule has 2 aromatic carbocycles. The Morgan fingerprint density at radius 2 is 1.73 bits per heavy atom. The van der Waals surface area contributed by atoms with Crippen LogP contribution in [-0.2, 0) is 21.7 Å². The number of amides is 1. The highest BCUT2D eigenvalue weighted by Crippen LogP contribution is 2.37. The molecule has 1 saturated heterocycles. The van der Waals surface area contributed by atoms with E-state index in [9.17, 15) is 4.79 Å². The Morgan fingerprint density at radius 3 is 2.36 bits per heavy atom. The predicted molar refractivity (Wildman–Crippen MR) is 83.1 cm³/mol. The van der Waals surface area contributed by atoms with Crippen LogP contribution in [0.1, 0.15) is 18.1 Å². The van der Waals surface area contributed by atoms with Crippen LogP contribution in [0.3, 0.4) is 0 Å². The van der Waals surface area contributed by atoms with Crippen molar-refractivity contribution < 1.29 is 14.3 Å². The summed E-state index contributed by atoms with van der Waals surface area (Å²) in [5.74, 6) is 0. The Labute approximate surface area is 130 Å². The molecular formula is C18H19NO3. The third kappa shape index (κ3) is 2.57. The summed E-state index contributed by atoms with van der Waals surface area (Å²) in [5.41, 5.74) is 1.11. The second kappa shape index (κ2) is 6.20. The van der Waals surface area contributed by atoms with Gasteiger partial charge in [-0.15, -0.1) is 0 Å². The summed E-state index contributed by atoms with van der Waals surface area (Å²) in [6, 6.07) is 19.6. The summed E-state index contributed by atoms with van der Waals surface area (Å²) < 4.78 is 11.3. The van der Waals surface area contributed by atoms with Crippen molar-refractivity contribution in [3.63, 3.8) is 0 Å². The van der Waals surface area contributed by atoms with Gasteiger partial charge in [0.15, 0.2) is 0 Å². The Bertz CT molecular complexity index is 629. The van der Waals surface area contributed by atoms with Gasteiger partial charge in [-0.25, -0.2) is 4.79 Å². The maximum Gasteiger partial charge on any atom is 0.412 e. The first-order valence-corrected chi connectivity index (χ1v) is 7.44. The van der Waals surface area contributed by atoms with Gasteiger partial charge in [-0.2, -0.15) is 0 Å². The van der Waals surface area contributed by atoms with Gasteiger partial charge in [0.05, 0.1) is 6.54 Å². The van der Waals surface area contributed by atoms with Crippen molar-refractivity contribution in [2.75, 3.05) is 13.2 Å². The van der Waals surface area contributed by atoms with E-state index in [-0.39, 0.29) is 12.7 Å². The standard InChI is InChI=1S/C18H19NO3/c1-2-22-18(16-11-7-4-8-12-16)14-21-17(20)19(18)13-15-9-5-3-6-10-15/h3-12H,2,13-14H2,1H3. The maximum atomic E-state index is 12.3. The minimum absolute atomic E-state index is 0.205. The summed E-state index contributed by atoms with van der Waals surface area (Å²) in [5, 5.41) is 0. The van der Waals surface area contributed by atoms with Crippen molar-refractivity contribution in [1.82, 2.24) is 4.90 Å². The average Bonchev–Trinajstić information content (AvgIpc) is 2.88. The third-order valence-electron chi connectivity index (χ3n) is 3.84. The molecule has 0 bridgehead atoms. The number of hydrogen-bond donors (Lipinski definition) is 0. The van der Waals surface area contributed by atoms with E-state index in [1.807, 2.05) is 67.6 Å². The number of carbonyl (C=O) groups excluding carboxylic acids is 1. The minimum Gasteiger partial charge on any atom is -0.444 e. The number of carbonyl (C=O) groups is 1. The molecule has 114 valence electrons. The fourth-order valence-corrected chi connectivity index (χ4v) is 2.80. The quantitative estimate of drug-likeness (QED) is 0.847. The van der Waals surface area contributed by atoms with Gasteiger partial charge in [-0.3, -0.25) is 4.90 Å². The lowest BCUT2D eigenvalue weighted by atomic mass is 10.0. The highest BCUT2D eigenvalue weighted by molar-refractivity contribution is 5.71. The van der Waals surface area contributed by atoms with Crippen molar-refractivity contribution >= 4 is 6.09 Å². The van der Waals surface area contributed by atoms with E-state index in [1.165, 1.54) is 0 Å². The zero-order valence-electron chi connectivity index (χ0n) is 12.6. The molecule has 3 rings (SSSR count). The van der Waals surface area contributed by atoms with Crippen LogP contribution < -0.4 is 0 Å². The lowest BCUT2D eigenvalue weighted by molar-refractivity contribution is -0.127. The molecule has 1 unspecified atom stereocenters. The zero-order chi connectivity index (χ0) is 15.4. The molecule has 1 aliphatic heterocycles. The Morgan fingerprint density at radius 1 is 1.09 bits per heavy atom. The van der Waals surface area contributed by atoms with Crippen LogP contribution in [0.15, 0.2) is 60.7 Å². The van der Waals surface area contributed by atoms with Crippen LogP contribution in [0.25, 0.3) is 0 Å². The van der Waals surface area contributed by atoms with E-state index in [2.05, 4.69) is 0 Å². The largest absolute Gasteiger partial charge is 0.444 e. The molecule has 2 aromatic rings. The van der Waals surface area contributed by atoms with E-state index in [1.54, 1.807) is 4.90 Å². The zero-order valence-corrected chi connectivity index (χ0v) is 12.6. The normalized spacial score (nSPS) is 21.0. The molecule has 1 amide bonds. The predicted octanol–water partition coefficient (Wildman–Crippen LogP) is 3.53. The number of hydrogen-bond acceptors (Lipinski definition) is 3. The van der Waals surface area contributed by atoms with E-state index in [4.69, 9.17) is 9.47 Å². The van der Waals surface area contributed by atoms with Crippen molar-refractivity contribution in [2.45, 2.75) is 19.2 Å². The fraction of sp³-hybridized carbons (Fsp3) is 0.278. The smallest absolute Gasteiger partial charge is 0.412 e. The molecule has 1 fully saturated rings. The van der Waals surface area contributed by atoms with Crippen LogP contribution in [0, 0.1) is 0 Å². The van der Waals surface area contributed by atoms with Crippen molar-refractivity contribution in [1.29, 1.82) is 0 Å². The second-order valence-electron chi connectivity index (χ2n) is 5.21. The van der Waals surface area contributed by atoms with Crippen LogP contribution in [0.5, 0.6) is 0 Å². The molecule has 4 heteroatoms. The minimum atomic E-state index is -0.858. The molecule has 1 aliphatic rings. The number of benzene rings is 2. The van der Waals surface area contributed by atoms with Crippen LogP contribution >= 0.6 is 0 Å². The Balaban J connectivity index is 1.98. The molecule has 0 aromatic heterocycles. The summed E-state index contributed by atoms with van der Waals surface area (Å²) in [6.45, 7) is 3.08. The van der Waals surface area contributed by atoms with Gasteiger partial charge in [0.2, 0.25) is 5.72 Å². The Hall–Kier alpha value is -2.33. The SMILES string of the molecule is CCOC1(c2ccccc2)COC(=O)N1Cc1ccccc1. The molecule has 0 saturated carbocycles. The third-order valence-corrected chi connectivity index (χ3v) is 3.84. The van der Waals surface area contributed by atoms with Gasteiger partial charge < -0.3 is 9.47 Å². The van der Waals surface area contributed by atoms with E-state index >= 15 is 0 Å². The van der Waals surface area contributed by atoms with Crippen LogP contribution in [-0.4, -0.2) is 24.2 Å². The monoisotopic (exact) mass is 297 g/mol. The molecule has 1 atom stereocenters. The van der Waals surface area contributed by atoms with Crippen LogP contribution in [0.4, 0.5) is 4.79 Å². The van der Waals surface area contributed by atoms with E-state index in [0.29, 0.717) is 13.2 Å². The Kier molecular flexibility index (Phi) is 4.11. The van der Waals surface area contributed by atoms with Gasteiger partial charge in [-0.1, -0.05) is 60.7 Å². The average molecular weight is 297 g/mol. The first-order chi connectivity index (χ1) is 10.8. The summed E-state index contributed by atoms with van der Waals surface area (Å²) in [6.07, 6.45) is -0.346. The first-order valence-electron chi connectivity index (χ1n) is 7.44. The highest BCUT2D eigenvalue weighted by Gasteiger charge is 2.49. The van der Waals surface area contributed by atoms with E-state index in [0.717, 1.165) is 11.1 Å². The summed E-state index contributed by atoms with van der Waals surface area (Å²) in [4.78, 5) is 13.9. The fourth-order valence-electron chi connectivity index (χ4n) is 2.80. The number of ether oxygens (including phenoxy) is 2. The van der Waals surface area contributed by atoms with Gasteiger partial charge in [0.1, 0.15) is 6.61 Å². The van der Waals surface area contributed by atoms with Crippen molar-refractivity contribution in [3.05, 3.63) is 71.8 Å². The summed E-state index contributed by atoms with van der Waals surface area (Å²) in [7, 11) is 0. The molecule has 0 radical (unpaired) electrons. The van der Waals surface area contributed by atoms with E-state index < -0.39 is 5.72 Å². The number of nitrogens with zero attached hydrogens (tertiary/aromatic N) is 1. The lowest BCUT2D eigenvalue weighted by Gasteiger charge is -2.35. The highest BCUT2D eigenvalue weighted by atomic mass is 16.6. The van der Waals surface area contributed by atoms with Crippen molar-refractivity contribution in [3.8, 4) is 0 Å². The van der Waals surface area contributed by atoms with Crippen molar-refractivity contribution in [2.24, 2.45) is 0 Å². The molecule has 0 N–H and O–H groups in total. The summed E-state index contributed by atoms with van der Waals surface area (Å²) >= 11 is 0. The van der Waals surface area contributed by atoms with Gasteiger partial charge >= 0.3 is 6.09 Å². The molecule has 0 aliphatic carbocycles. The van der Waals surface area contributed by atoms with Crippen LogP contribution in [0.2, 0.25) is 0 Å². The lowest BCUT2D eigenvalue weighted by Crippen LogP contribution is -2.46. The number of rotatable bonds is 5.